The molecule has 3 rings (SSSR count). The molecule has 5 nitrogen and oxygen atoms in total. The van der Waals surface area contributed by atoms with Crippen LogP contribution >= 0.6 is 0 Å². The van der Waals surface area contributed by atoms with E-state index in [-0.39, 0.29) is 11.5 Å². The average molecular weight is 342 g/mol. The standard InChI is InChI=1S/C20H30N4O/c1-16(18-21-19(22-25-18)20(2,3)4)24-14-12-23(13-15-24)11-10-17-8-6-5-7-9-17/h5-9,16H,10-15H2,1-4H3. The normalized spacial score (nSPS) is 18.4. The lowest BCUT2D eigenvalue weighted by atomic mass is 9.96. The summed E-state index contributed by atoms with van der Waals surface area (Å²) >= 11 is 0. The number of piperazine rings is 1. The van der Waals surface area contributed by atoms with Gasteiger partial charge in [0.2, 0.25) is 5.89 Å². The van der Waals surface area contributed by atoms with Gasteiger partial charge in [0.25, 0.3) is 0 Å². The van der Waals surface area contributed by atoms with Gasteiger partial charge in [-0.3, -0.25) is 4.90 Å². The summed E-state index contributed by atoms with van der Waals surface area (Å²) in [5, 5.41) is 4.16. The molecule has 5 heteroatoms. The van der Waals surface area contributed by atoms with Gasteiger partial charge in [0.15, 0.2) is 5.82 Å². The maximum Gasteiger partial charge on any atom is 0.243 e. The largest absolute Gasteiger partial charge is 0.338 e. The van der Waals surface area contributed by atoms with Gasteiger partial charge < -0.3 is 9.42 Å². The first-order chi connectivity index (χ1) is 11.9. The number of hydrogen-bond acceptors (Lipinski definition) is 5. The van der Waals surface area contributed by atoms with E-state index in [1.165, 1.54) is 5.56 Å². The van der Waals surface area contributed by atoms with Crippen LogP contribution in [0, 0.1) is 0 Å². The molecule has 1 aliphatic rings. The van der Waals surface area contributed by atoms with Crippen LogP contribution in [0.1, 0.15) is 51.0 Å². The molecular weight excluding hydrogens is 312 g/mol. The van der Waals surface area contributed by atoms with E-state index in [0.717, 1.165) is 50.9 Å². The molecule has 0 bridgehead atoms. The molecule has 1 aromatic heterocycles. The fourth-order valence-electron chi connectivity index (χ4n) is 3.17. The molecule has 0 amide bonds. The van der Waals surface area contributed by atoms with Gasteiger partial charge in [-0.05, 0) is 18.9 Å². The van der Waals surface area contributed by atoms with Crippen molar-refractivity contribution in [3.8, 4) is 0 Å². The second kappa shape index (κ2) is 7.67. The molecule has 136 valence electrons. The Balaban J connectivity index is 1.49. The summed E-state index contributed by atoms with van der Waals surface area (Å²) in [6.07, 6.45) is 1.12. The van der Waals surface area contributed by atoms with E-state index in [4.69, 9.17) is 4.52 Å². The van der Waals surface area contributed by atoms with E-state index in [0.29, 0.717) is 0 Å². The lowest BCUT2D eigenvalue weighted by Crippen LogP contribution is -2.47. The predicted molar refractivity (Wildman–Crippen MR) is 99.6 cm³/mol. The zero-order chi connectivity index (χ0) is 17.9. The van der Waals surface area contributed by atoms with Crippen molar-refractivity contribution in [2.24, 2.45) is 0 Å². The van der Waals surface area contributed by atoms with Crippen LogP contribution in [-0.4, -0.2) is 52.7 Å². The minimum atomic E-state index is -0.0718. The molecule has 1 aliphatic heterocycles. The smallest absolute Gasteiger partial charge is 0.243 e. The maximum atomic E-state index is 5.52. The molecule has 0 spiro atoms. The van der Waals surface area contributed by atoms with Crippen molar-refractivity contribution in [1.29, 1.82) is 0 Å². The molecule has 0 N–H and O–H groups in total. The van der Waals surface area contributed by atoms with Gasteiger partial charge in [-0.25, -0.2) is 0 Å². The number of nitrogens with zero attached hydrogens (tertiary/aromatic N) is 4. The average Bonchev–Trinajstić information content (AvgIpc) is 3.11. The lowest BCUT2D eigenvalue weighted by Gasteiger charge is -2.36. The predicted octanol–water partition coefficient (Wildman–Crippen LogP) is 3.29. The topological polar surface area (TPSA) is 45.4 Å². The fourth-order valence-corrected chi connectivity index (χ4v) is 3.17. The zero-order valence-corrected chi connectivity index (χ0v) is 15.9. The molecule has 1 unspecified atom stereocenters. The first kappa shape index (κ1) is 18.1. The highest BCUT2D eigenvalue weighted by Crippen LogP contribution is 2.24. The van der Waals surface area contributed by atoms with E-state index >= 15 is 0 Å². The van der Waals surface area contributed by atoms with Gasteiger partial charge >= 0.3 is 0 Å². The van der Waals surface area contributed by atoms with Crippen molar-refractivity contribution in [3.63, 3.8) is 0 Å². The van der Waals surface area contributed by atoms with Gasteiger partial charge in [0.05, 0.1) is 6.04 Å². The van der Waals surface area contributed by atoms with Gasteiger partial charge in [-0.1, -0.05) is 56.3 Å². The minimum absolute atomic E-state index is 0.0718. The molecule has 1 aromatic carbocycles. The third-order valence-electron chi connectivity index (χ3n) is 4.98. The third-order valence-corrected chi connectivity index (χ3v) is 4.98. The summed E-state index contributed by atoms with van der Waals surface area (Å²) in [5.41, 5.74) is 1.34. The van der Waals surface area contributed by atoms with Gasteiger partial charge in [0, 0.05) is 38.1 Å². The SMILES string of the molecule is CC(c1nc(C(C)(C)C)no1)N1CCN(CCc2ccccc2)CC1. The Morgan fingerprint density at radius 1 is 1.08 bits per heavy atom. The van der Waals surface area contributed by atoms with Crippen molar-refractivity contribution in [2.45, 2.75) is 45.6 Å². The Bertz CT molecular complexity index is 654. The molecule has 0 aliphatic carbocycles. The third kappa shape index (κ3) is 4.67. The highest BCUT2D eigenvalue weighted by molar-refractivity contribution is 5.14. The van der Waals surface area contributed by atoms with E-state index in [9.17, 15) is 0 Å². The van der Waals surface area contributed by atoms with Crippen LogP contribution in [0.3, 0.4) is 0 Å². The second-order valence-corrected chi connectivity index (χ2v) is 8.00. The molecule has 2 heterocycles. The van der Waals surface area contributed by atoms with Crippen LogP contribution in [0.2, 0.25) is 0 Å². The molecule has 0 radical (unpaired) electrons. The Hall–Kier alpha value is -1.72. The zero-order valence-electron chi connectivity index (χ0n) is 15.9. The molecule has 2 aromatic rings. The van der Waals surface area contributed by atoms with E-state index in [1.807, 2.05) is 0 Å². The molecule has 25 heavy (non-hydrogen) atoms. The molecule has 1 saturated heterocycles. The summed E-state index contributed by atoms with van der Waals surface area (Å²) in [7, 11) is 0. The van der Waals surface area contributed by atoms with Gasteiger partial charge in [0.1, 0.15) is 0 Å². The van der Waals surface area contributed by atoms with Crippen LogP contribution < -0.4 is 0 Å². The first-order valence-electron chi connectivity index (χ1n) is 9.28. The van der Waals surface area contributed by atoms with Crippen molar-refractivity contribution in [2.75, 3.05) is 32.7 Å². The summed E-state index contributed by atoms with van der Waals surface area (Å²) in [4.78, 5) is 9.61. The van der Waals surface area contributed by atoms with Crippen LogP contribution in [-0.2, 0) is 11.8 Å². The number of hydrogen-bond donors (Lipinski definition) is 0. The van der Waals surface area contributed by atoms with Crippen molar-refractivity contribution in [3.05, 3.63) is 47.6 Å². The van der Waals surface area contributed by atoms with Crippen molar-refractivity contribution in [1.82, 2.24) is 19.9 Å². The minimum Gasteiger partial charge on any atom is -0.338 e. The highest BCUT2D eigenvalue weighted by Gasteiger charge is 2.28. The van der Waals surface area contributed by atoms with Crippen LogP contribution in [0.25, 0.3) is 0 Å². The van der Waals surface area contributed by atoms with E-state index in [1.54, 1.807) is 0 Å². The van der Waals surface area contributed by atoms with E-state index in [2.05, 4.69) is 78.0 Å². The Labute approximate surface area is 151 Å². The number of aromatic nitrogens is 2. The van der Waals surface area contributed by atoms with Crippen LogP contribution in [0.4, 0.5) is 0 Å². The Morgan fingerprint density at radius 2 is 1.76 bits per heavy atom. The Kier molecular flexibility index (Phi) is 5.54. The van der Waals surface area contributed by atoms with Gasteiger partial charge in [-0.2, -0.15) is 4.98 Å². The van der Waals surface area contributed by atoms with Crippen LogP contribution in [0.15, 0.2) is 34.9 Å². The number of benzene rings is 1. The quantitative estimate of drug-likeness (QED) is 0.834. The van der Waals surface area contributed by atoms with Crippen molar-refractivity contribution >= 4 is 0 Å². The van der Waals surface area contributed by atoms with Crippen LogP contribution in [0.5, 0.6) is 0 Å². The van der Waals surface area contributed by atoms with Crippen molar-refractivity contribution < 1.29 is 4.52 Å². The summed E-state index contributed by atoms with van der Waals surface area (Å²) in [6.45, 7) is 13.9. The Morgan fingerprint density at radius 3 is 2.36 bits per heavy atom. The fraction of sp³-hybridized carbons (Fsp3) is 0.600. The lowest BCUT2D eigenvalue weighted by molar-refractivity contribution is 0.0890. The molecule has 1 fully saturated rings. The first-order valence-corrected chi connectivity index (χ1v) is 9.28. The molecule has 0 saturated carbocycles. The number of rotatable bonds is 5. The highest BCUT2D eigenvalue weighted by atomic mass is 16.5. The maximum absolute atomic E-state index is 5.52. The summed E-state index contributed by atoms with van der Waals surface area (Å²) < 4.78 is 5.52. The molecular formula is C20H30N4O. The monoisotopic (exact) mass is 342 g/mol. The molecule has 1 atom stereocenters. The van der Waals surface area contributed by atoms with Gasteiger partial charge in [-0.15, -0.1) is 0 Å². The van der Waals surface area contributed by atoms with E-state index < -0.39 is 0 Å². The second-order valence-electron chi connectivity index (χ2n) is 8.00. The summed E-state index contributed by atoms with van der Waals surface area (Å²) in [6, 6.07) is 10.9. The summed E-state index contributed by atoms with van der Waals surface area (Å²) in [5.74, 6) is 1.53.